The van der Waals surface area contributed by atoms with E-state index >= 15 is 0 Å². The molecule has 0 amide bonds. The van der Waals surface area contributed by atoms with Crippen molar-refractivity contribution in [1.82, 2.24) is 19.9 Å². The number of hydrogen-bond acceptors (Lipinski definition) is 0. The molecular formula is C52H34N4. The molecule has 2 aliphatic rings. The number of aromatic nitrogens is 4. The van der Waals surface area contributed by atoms with Gasteiger partial charge in [-0.25, -0.2) is 0 Å². The van der Waals surface area contributed by atoms with E-state index in [1.165, 1.54) is 86.5 Å². The van der Waals surface area contributed by atoms with Gasteiger partial charge in [0.05, 0.1) is 0 Å². The van der Waals surface area contributed by atoms with Gasteiger partial charge in [-0.2, -0.15) is 0 Å². The van der Waals surface area contributed by atoms with E-state index in [1.54, 1.807) is 0 Å². The van der Waals surface area contributed by atoms with Crippen molar-refractivity contribution in [3.63, 3.8) is 0 Å². The van der Waals surface area contributed by atoms with E-state index in [0.29, 0.717) is 0 Å². The predicted octanol–water partition coefficient (Wildman–Crippen LogP) is 9.66. The van der Waals surface area contributed by atoms with Crippen LogP contribution in [0.3, 0.4) is 0 Å². The van der Waals surface area contributed by atoms with Crippen LogP contribution in [0.5, 0.6) is 0 Å². The third-order valence-corrected chi connectivity index (χ3v) is 12.5. The molecule has 0 spiro atoms. The van der Waals surface area contributed by atoms with Gasteiger partial charge < -0.3 is 19.9 Å². The lowest BCUT2D eigenvalue weighted by atomic mass is 9.92. The summed E-state index contributed by atoms with van der Waals surface area (Å²) < 4.78 is 0. The summed E-state index contributed by atoms with van der Waals surface area (Å²) in [6.07, 6.45) is 16.1. The number of nitrogens with one attached hydrogen (secondary N) is 4. The summed E-state index contributed by atoms with van der Waals surface area (Å²) in [5, 5.41) is 21.5. The fourth-order valence-electron chi connectivity index (χ4n) is 9.95. The SMILES string of the molecule is C1=Cc2c(ccc3c4[nH]c(c23)C=c2[nH]c(c3c2ccc2ccccc23)=Cc2[nH]c(c3c2ccc2ccccc23)C=c2[nH]c(c3c2ccc2ccccc23)=C4)CC1. The van der Waals surface area contributed by atoms with Gasteiger partial charge in [-0.05, 0) is 80.6 Å². The maximum Gasteiger partial charge on any atom is 0.0492 e. The van der Waals surface area contributed by atoms with Gasteiger partial charge in [0.15, 0.2) is 0 Å². The van der Waals surface area contributed by atoms with Crippen molar-refractivity contribution in [2.45, 2.75) is 12.8 Å². The summed E-state index contributed by atoms with van der Waals surface area (Å²) in [4.78, 5) is 15.8. The summed E-state index contributed by atoms with van der Waals surface area (Å²) in [6.45, 7) is 0. The molecule has 0 unspecified atom stereocenters. The number of allylic oxidation sites excluding steroid dienone is 1. The van der Waals surface area contributed by atoms with Gasteiger partial charge in [-0.1, -0.05) is 133 Å². The summed E-state index contributed by atoms with van der Waals surface area (Å²) in [5.41, 5.74) is 7.07. The minimum atomic E-state index is 1.05. The lowest BCUT2D eigenvalue weighted by Crippen LogP contribution is -2.11. The molecule has 0 saturated carbocycles. The highest BCUT2D eigenvalue weighted by atomic mass is 14.8. The van der Waals surface area contributed by atoms with Gasteiger partial charge in [-0.15, -0.1) is 0 Å². The van der Waals surface area contributed by atoms with Gasteiger partial charge in [-0.3, -0.25) is 0 Å². The standard InChI is InChI=1S/C52H34N4/c1-5-13-33-29(9-1)17-21-37-41-26-46-51-35-15-7-3-11-31(35)19-23-39(51)43(55-46)28-48-52-36-16-8-4-12-32(36)20-24-40(52)44(56-48)27-47-50-34-14-6-2-10-30(34)18-22-38(50)42(54-47)25-45(53-41)49(33)37/h1-3,5-11,13-28,53-56H,4,12H2. The fourth-order valence-corrected chi connectivity index (χ4v) is 9.95. The second kappa shape index (κ2) is 11.1. The zero-order chi connectivity index (χ0) is 36.5. The number of fused-ring (bicyclic) bond motifs is 28. The molecule has 0 atom stereocenters. The second-order valence-electron chi connectivity index (χ2n) is 15.5. The Hall–Kier alpha value is -7.30. The average Bonchev–Trinajstić information content (AvgIpc) is 3.99. The van der Waals surface area contributed by atoms with E-state index in [1.807, 2.05) is 0 Å². The van der Waals surface area contributed by atoms with E-state index in [2.05, 4.69) is 178 Å². The predicted molar refractivity (Wildman–Crippen MR) is 236 cm³/mol. The first-order valence-electron chi connectivity index (χ1n) is 19.6. The number of aromatic amines is 4. The molecule has 5 heterocycles. The molecule has 262 valence electrons. The van der Waals surface area contributed by atoms with Gasteiger partial charge in [0.2, 0.25) is 0 Å². The molecule has 56 heavy (non-hydrogen) atoms. The molecule has 1 aliphatic heterocycles. The van der Waals surface area contributed by atoms with Crippen LogP contribution in [-0.2, 0) is 6.42 Å². The topological polar surface area (TPSA) is 63.2 Å². The monoisotopic (exact) mass is 714 g/mol. The largest absolute Gasteiger partial charge is 0.354 e. The minimum Gasteiger partial charge on any atom is -0.354 e. The number of hydrogen-bond donors (Lipinski definition) is 4. The Kier molecular flexibility index (Phi) is 5.97. The van der Waals surface area contributed by atoms with Crippen molar-refractivity contribution in [3.8, 4) is 0 Å². The molecule has 4 heteroatoms. The summed E-state index contributed by atoms with van der Waals surface area (Å²) in [7, 11) is 0. The fraction of sp³-hybridized carbons (Fsp3) is 0.0385. The Morgan fingerprint density at radius 3 is 1.39 bits per heavy atom. The third-order valence-electron chi connectivity index (χ3n) is 12.5. The molecule has 13 rings (SSSR count). The van der Waals surface area contributed by atoms with Crippen LogP contribution in [0.15, 0.2) is 127 Å². The van der Waals surface area contributed by atoms with Crippen molar-refractivity contribution in [3.05, 3.63) is 183 Å². The zero-order valence-electron chi connectivity index (χ0n) is 30.4. The van der Waals surface area contributed by atoms with E-state index in [4.69, 9.17) is 0 Å². The lowest BCUT2D eigenvalue weighted by molar-refractivity contribution is 0.990. The molecule has 0 saturated heterocycles. The summed E-state index contributed by atoms with van der Waals surface area (Å²) in [5.74, 6) is 0. The highest BCUT2D eigenvalue weighted by Gasteiger charge is 2.18. The van der Waals surface area contributed by atoms with E-state index in [0.717, 1.165) is 57.0 Å². The first kappa shape index (κ1) is 30.1. The van der Waals surface area contributed by atoms with E-state index in [9.17, 15) is 0 Å². The van der Waals surface area contributed by atoms with Crippen LogP contribution in [0, 0.1) is 0 Å². The van der Waals surface area contributed by atoms with Crippen molar-refractivity contribution in [1.29, 1.82) is 0 Å². The van der Waals surface area contributed by atoms with Gasteiger partial charge in [0.25, 0.3) is 0 Å². The smallest absolute Gasteiger partial charge is 0.0492 e. The molecule has 4 aromatic heterocycles. The van der Waals surface area contributed by atoms with Crippen LogP contribution in [0.1, 0.15) is 40.3 Å². The zero-order valence-corrected chi connectivity index (χ0v) is 30.4. The Morgan fingerprint density at radius 1 is 0.339 bits per heavy atom. The normalized spacial score (nSPS) is 13.7. The Bertz CT molecular complexity index is 3780. The lowest BCUT2D eigenvalue weighted by Gasteiger charge is -2.12. The molecule has 0 radical (unpaired) electrons. The first-order valence-corrected chi connectivity index (χ1v) is 19.6. The van der Waals surface area contributed by atoms with Crippen molar-refractivity contribution in [2.24, 2.45) is 0 Å². The highest BCUT2D eigenvalue weighted by molar-refractivity contribution is 6.15. The molecule has 7 aromatic carbocycles. The Balaban J connectivity index is 1.27. The second-order valence-corrected chi connectivity index (χ2v) is 15.5. The van der Waals surface area contributed by atoms with Gasteiger partial charge in [0.1, 0.15) is 0 Å². The van der Waals surface area contributed by atoms with Crippen molar-refractivity contribution >= 4 is 106 Å². The van der Waals surface area contributed by atoms with Gasteiger partial charge >= 0.3 is 0 Å². The van der Waals surface area contributed by atoms with E-state index in [-0.39, 0.29) is 0 Å². The minimum absolute atomic E-state index is 1.05. The average molecular weight is 715 g/mol. The summed E-state index contributed by atoms with van der Waals surface area (Å²) >= 11 is 0. The Labute approximate surface area is 320 Å². The first-order chi connectivity index (χ1) is 27.7. The van der Waals surface area contributed by atoms with E-state index < -0.39 is 0 Å². The van der Waals surface area contributed by atoms with Gasteiger partial charge in [0, 0.05) is 87.3 Å². The molecule has 4 N–H and O–H groups in total. The molecule has 8 bridgehead atoms. The maximum absolute atomic E-state index is 3.97. The summed E-state index contributed by atoms with van der Waals surface area (Å²) in [6, 6.07) is 44.5. The van der Waals surface area contributed by atoms with Crippen LogP contribution >= 0.6 is 0 Å². The quantitative estimate of drug-likeness (QED) is 0.121. The van der Waals surface area contributed by atoms with Crippen LogP contribution in [0.2, 0.25) is 0 Å². The van der Waals surface area contributed by atoms with Crippen molar-refractivity contribution in [2.75, 3.05) is 0 Å². The van der Waals surface area contributed by atoms with Crippen LogP contribution in [-0.4, -0.2) is 19.9 Å². The number of aryl methyl sites for hydroxylation is 1. The number of benzene rings is 7. The van der Waals surface area contributed by atoms with Crippen LogP contribution in [0.25, 0.3) is 106 Å². The molecular weight excluding hydrogens is 681 g/mol. The Morgan fingerprint density at radius 2 is 0.804 bits per heavy atom. The third kappa shape index (κ3) is 4.18. The molecule has 11 aromatic rings. The number of rotatable bonds is 0. The molecule has 1 aliphatic carbocycles. The highest BCUT2D eigenvalue weighted by Crippen LogP contribution is 2.35. The van der Waals surface area contributed by atoms with Crippen LogP contribution in [0.4, 0.5) is 0 Å². The van der Waals surface area contributed by atoms with Crippen LogP contribution < -0.4 is 21.4 Å². The number of H-pyrrole nitrogens is 4. The molecule has 0 fully saturated rings. The maximum atomic E-state index is 3.97. The molecule has 4 nitrogen and oxygen atoms in total. The van der Waals surface area contributed by atoms with Crippen molar-refractivity contribution < 1.29 is 0 Å².